The number of carbonyl (C=O) groups excluding carboxylic acids is 1. The zero-order chi connectivity index (χ0) is 18.7. The van der Waals surface area contributed by atoms with Gasteiger partial charge >= 0.3 is 5.63 Å². The zero-order valence-corrected chi connectivity index (χ0v) is 15.1. The Morgan fingerprint density at radius 1 is 1.15 bits per heavy atom. The number of methoxy groups -OCH3 is 1. The molecule has 0 atom stereocenters. The molecular weight excluding hydrogens is 376 g/mol. The lowest BCUT2D eigenvalue weighted by atomic mass is 10.2. The van der Waals surface area contributed by atoms with Crippen molar-refractivity contribution in [2.24, 2.45) is 0 Å². The highest BCUT2D eigenvalue weighted by Gasteiger charge is 2.14. The van der Waals surface area contributed by atoms with Crippen LogP contribution in [0.15, 0.2) is 57.7 Å². The minimum absolute atomic E-state index is 0.105. The first kappa shape index (κ1) is 17.9. The second-order valence-corrected chi connectivity index (χ2v) is 6.10. The fourth-order valence-corrected chi connectivity index (χ4v) is 2.72. The number of halogens is 1. The van der Waals surface area contributed by atoms with Gasteiger partial charge in [0.1, 0.15) is 11.3 Å². The van der Waals surface area contributed by atoms with Crippen LogP contribution in [0.1, 0.15) is 10.4 Å². The maximum atomic E-state index is 12.4. The molecule has 0 saturated carbocycles. The van der Waals surface area contributed by atoms with Gasteiger partial charge in [-0.3, -0.25) is 10.1 Å². The van der Waals surface area contributed by atoms with Gasteiger partial charge < -0.3 is 14.5 Å². The highest BCUT2D eigenvalue weighted by atomic mass is 35.5. The molecule has 0 fully saturated rings. The molecule has 3 rings (SSSR count). The van der Waals surface area contributed by atoms with Crippen LogP contribution in [0.3, 0.4) is 0 Å². The van der Waals surface area contributed by atoms with Gasteiger partial charge in [0.25, 0.3) is 5.91 Å². The van der Waals surface area contributed by atoms with E-state index < -0.39 is 11.5 Å². The average molecular weight is 389 g/mol. The van der Waals surface area contributed by atoms with Crippen molar-refractivity contribution in [2.75, 3.05) is 12.4 Å². The molecule has 0 aliphatic rings. The maximum absolute atomic E-state index is 12.4. The second-order valence-electron chi connectivity index (χ2n) is 5.26. The van der Waals surface area contributed by atoms with Crippen molar-refractivity contribution in [1.82, 2.24) is 5.32 Å². The lowest BCUT2D eigenvalue weighted by Crippen LogP contribution is -2.34. The second kappa shape index (κ2) is 7.55. The predicted molar refractivity (Wildman–Crippen MR) is 104 cm³/mol. The van der Waals surface area contributed by atoms with E-state index in [-0.39, 0.29) is 10.7 Å². The third-order valence-electron chi connectivity index (χ3n) is 3.51. The molecule has 2 aromatic carbocycles. The van der Waals surface area contributed by atoms with Gasteiger partial charge in [0.05, 0.1) is 12.7 Å². The van der Waals surface area contributed by atoms with Crippen molar-refractivity contribution in [3.8, 4) is 5.75 Å². The Morgan fingerprint density at radius 3 is 2.73 bits per heavy atom. The normalized spacial score (nSPS) is 10.4. The molecule has 8 heteroatoms. The Kier molecular flexibility index (Phi) is 5.20. The summed E-state index contributed by atoms with van der Waals surface area (Å²) in [4.78, 5) is 23.6. The number of benzene rings is 2. The third kappa shape index (κ3) is 4.01. The topological polar surface area (TPSA) is 80.6 Å². The summed E-state index contributed by atoms with van der Waals surface area (Å²) in [6, 6.07) is 12.8. The maximum Gasteiger partial charge on any atom is 0.336 e. The van der Waals surface area contributed by atoms with Crippen molar-refractivity contribution in [1.29, 1.82) is 0 Å². The molecule has 0 saturated heterocycles. The smallest absolute Gasteiger partial charge is 0.336 e. The number of hydrogen-bond acceptors (Lipinski definition) is 5. The molecule has 2 N–H and O–H groups in total. The fourth-order valence-electron chi connectivity index (χ4n) is 2.34. The first-order valence-corrected chi connectivity index (χ1v) is 8.24. The van der Waals surface area contributed by atoms with Crippen LogP contribution in [0.4, 0.5) is 5.69 Å². The van der Waals surface area contributed by atoms with Gasteiger partial charge in [0.2, 0.25) is 0 Å². The molecule has 0 aliphatic carbocycles. The van der Waals surface area contributed by atoms with Crippen LogP contribution in [-0.4, -0.2) is 18.1 Å². The van der Waals surface area contributed by atoms with Gasteiger partial charge in [-0.2, -0.15) is 0 Å². The molecule has 0 unspecified atom stereocenters. The van der Waals surface area contributed by atoms with Crippen LogP contribution >= 0.6 is 23.8 Å². The third-order valence-corrected chi connectivity index (χ3v) is 3.95. The number of amides is 1. The number of nitrogens with one attached hydrogen (secondary N) is 2. The van der Waals surface area contributed by atoms with Crippen molar-refractivity contribution in [2.45, 2.75) is 0 Å². The van der Waals surface area contributed by atoms with E-state index in [0.29, 0.717) is 22.0 Å². The molecule has 0 aliphatic heterocycles. The van der Waals surface area contributed by atoms with Crippen LogP contribution in [0.25, 0.3) is 11.0 Å². The van der Waals surface area contributed by atoms with E-state index in [1.807, 2.05) is 0 Å². The Hall–Kier alpha value is -2.90. The molecule has 6 nitrogen and oxygen atoms in total. The SMILES string of the molecule is COc1ccc(Cl)cc1C(=O)NC(=S)Nc1ccc2oc(=O)ccc2c1. The molecule has 3 aromatic rings. The molecule has 0 radical (unpaired) electrons. The van der Waals surface area contributed by atoms with Gasteiger partial charge in [-0.1, -0.05) is 11.6 Å². The van der Waals surface area contributed by atoms with Gasteiger partial charge in [0, 0.05) is 22.2 Å². The highest BCUT2D eigenvalue weighted by molar-refractivity contribution is 7.80. The van der Waals surface area contributed by atoms with Crippen LogP contribution in [0.5, 0.6) is 5.75 Å². The van der Waals surface area contributed by atoms with Crippen molar-refractivity contribution < 1.29 is 13.9 Å². The van der Waals surface area contributed by atoms with E-state index in [1.165, 1.54) is 19.2 Å². The molecule has 1 heterocycles. The number of fused-ring (bicyclic) bond motifs is 1. The number of thiocarbonyl (C=S) groups is 1. The summed E-state index contributed by atoms with van der Waals surface area (Å²) in [6.07, 6.45) is 0. The quantitative estimate of drug-likeness (QED) is 0.527. The number of hydrogen-bond donors (Lipinski definition) is 2. The molecule has 0 spiro atoms. The summed E-state index contributed by atoms with van der Waals surface area (Å²) < 4.78 is 10.2. The van der Waals surface area contributed by atoms with E-state index in [1.54, 1.807) is 36.4 Å². The minimum atomic E-state index is -0.450. The monoisotopic (exact) mass is 388 g/mol. The van der Waals surface area contributed by atoms with Gasteiger partial charge in [-0.05, 0) is 54.7 Å². The largest absolute Gasteiger partial charge is 0.496 e. The molecule has 1 aromatic heterocycles. The van der Waals surface area contributed by atoms with Gasteiger partial charge in [-0.25, -0.2) is 4.79 Å². The number of rotatable bonds is 3. The van der Waals surface area contributed by atoms with Crippen LogP contribution in [0.2, 0.25) is 5.02 Å². The van der Waals surface area contributed by atoms with Crippen LogP contribution in [0, 0.1) is 0 Å². The Bertz CT molecular complexity index is 1060. The first-order chi connectivity index (χ1) is 12.5. The van der Waals surface area contributed by atoms with Crippen molar-refractivity contribution in [3.63, 3.8) is 0 Å². The zero-order valence-electron chi connectivity index (χ0n) is 13.5. The van der Waals surface area contributed by atoms with Crippen molar-refractivity contribution >= 4 is 51.5 Å². The first-order valence-electron chi connectivity index (χ1n) is 7.46. The van der Waals surface area contributed by atoms with Gasteiger partial charge in [0.15, 0.2) is 5.11 Å². The Morgan fingerprint density at radius 2 is 1.96 bits per heavy atom. The fraction of sp³-hybridized carbons (Fsp3) is 0.0556. The highest BCUT2D eigenvalue weighted by Crippen LogP contribution is 2.22. The lowest BCUT2D eigenvalue weighted by molar-refractivity contribution is 0.0975. The van der Waals surface area contributed by atoms with E-state index >= 15 is 0 Å². The van der Waals surface area contributed by atoms with Crippen LogP contribution in [-0.2, 0) is 0 Å². The molecule has 26 heavy (non-hydrogen) atoms. The summed E-state index contributed by atoms with van der Waals surface area (Å²) in [5.74, 6) is -0.0657. The van der Waals surface area contributed by atoms with E-state index in [2.05, 4.69) is 10.6 Å². The standard InChI is InChI=1S/C18H13ClN2O4S/c1-24-15-5-3-11(19)9-13(15)17(23)21-18(26)20-12-4-6-14-10(8-12)2-7-16(22)25-14/h2-9H,1H3,(H2,20,21,23,26). The molecular formula is C18H13ClN2O4S. The van der Waals surface area contributed by atoms with Crippen LogP contribution < -0.4 is 21.0 Å². The summed E-state index contributed by atoms with van der Waals surface area (Å²) in [5, 5.41) is 6.72. The molecule has 1 amide bonds. The Labute approximate surface area is 158 Å². The number of ether oxygens (including phenoxy) is 1. The summed E-state index contributed by atoms with van der Waals surface area (Å²) in [7, 11) is 1.46. The lowest BCUT2D eigenvalue weighted by Gasteiger charge is -2.12. The van der Waals surface area contributed by atoms with Gasteiger partial charge in [-0.15, -0.1) is 0 Å². The molecule has 132 valence electrons. The van der Waals surface area contributed by atoms with E-state index in [4.69, 9.17) is 33.0 Å². The minimum Gasteiger partial charge on any atom is -0.496 e. The number of anilines is 1. The predicted octanol–water partition coefficient (Wildman–Crippen LogP) is 3.58. The average Bonchev–Trinajstić information content (AvgIpc) is 2.61. The molecule has 0 bridgehead atoms. The van der Waals surface area contributed by atoms with Crippen molar-refractivity contribution in [3.05, 3.63) is 69.5 Å². The summed E-state index contributed by atoms with van der Waals surface area (Å²) in [6.45, 7) is 0. The van der Waals surface area contributed by atoms with E-state index in [0.717, 1.165) is 5.39 Å². The summed E-state index contributed by atoms with van der Waals surface area (Å²) in [5.41, 5.74) is 0.942. The van der Waals surface area contributed by atoms with E-state index in [9.17, 15) is 9.59 Å². The number of carbonyl (C=O) groups is 1. The summed E-state index contributed by atoms with van der Waals surface area (Å²) >= 11 is 11.1. The Balaban J connectivity index is 1.74.